The Morgan fingerprint density at radius 1 is 0.596 bits per heavy atom. The maximum Gasteiger partial charge on any atom is 0.249 e. The number of ether oxygens (including phenoxy) is 2. The molecule has 1 saturated heterocycles. The molecule has 11 nitrogen and oxygen atoms in total. The van der Waals surface area contributed by atoms with Crippen molar-refractivity contribution < 1.29 is 50.0 Å². The summed E-state index contributed by atoms with van der Waals surface area (Å²) in [5.41, 5.74) is 0. The molecule has 0 spiro atoms. The van der Waals surface area contributed by atoms with Crippen LogP contribution in [0.1, 0.15) is 181 Å². The van der Waals surface area contributed by atoms with Crippen molar-refractivity contribution in [1.82, 2.24) is 5.32 Å². The number of aliphatic hydroxyl groups is 7. The second kappa shape index (κ2) is 36.2. The topological polar surface area (TPSA) is 189 Å². The third kappa shape index (κ3) is 26.2. The van der Waals surface area contributed by atoms with Crippen molar-refractivity contribution in [3.05, 3.63) is 36.5 Å². The highest BCUT2D eigenvalue weighted by atomic mass is 16.7. The van der Waals surface area contributed by atoms with E-state index in [-0.39, 0.29) is 12.8 Å². The van der Waals surface area contributed by atoms with Crippen molar-refractivity contribution in [2.24, 2.45) is 0 Å². The predicted molar refractivity (Wildman–Crippen MR) is 228 cm³/mol. The molecule has 0 radical (unpaired) electrons. The molecule has 1 amide bonds. The third-order valence-electron chi connectivity index (χ3n) is 10.9. The van der Waals surface area contributed by atoms with Gasteiger partial charge >= 0.3 is 0 Å². The van der Waals surface area contributed by atoms with Gasteiger partial charge in [0.15, 0.2) is 6.29 Å². The van der Waals surface area contributed by atoms with E-state index in [1.807, 2.05) is 0 Å². The molecule has 1 heterocycles. The quantitative estimate of drug-likeness (QED) is 0.0235. The first-order chi connectivity index (χ1) is 27.7. The van der Waals surface area contributed by atoms with Gasteiger partial charge in [-0.2, -0.15) is 0 Å². The van der Waals surface area contributed by atoms with Crippen molar-refractivity contribution in [3.8, 4) is 0 Å². The number of carbonyl (C=O) groups excluding carboxylic acids is 1. The SMILES string of the molecule is CCCC/C=C\CCCCCCC(O)C(=O)NC(COC1OC(CO)C(O)C(O)C1O)C(O)C(O)CCC/C=C/CC/C=C/CCCCCCCCCCCCC. The molecule has 1 aliphatic heterocycles. The number of carbonyl (C=O) groups is 1. The van der Waals surface area contributed by atoms with Crippen LogP contribution in [-0.2, 0) is 14.3 Å². The van der Waals surface area contributed by atoms with Crippen LogP contribution in [0.3, 0.4) is 0 Å². The summed E-state index contributed by atoms with van der Waals surface area (Å²) in [5, 5.41) is 75.4. The molecule has 9 unspecified atom stereocenters. The summed E-state index contributed by atoms with van der Waals surface area (Å²) in [6.45, 7) is 3.35. The maximum atomic E-state index is 13.0. The number of hydrogen-bond donors (Lipinski definition) is 8. The molecule has 334 valence electrons. The maximum absolute atomic E-state index is 13.0. The van der Waals surface area contributed by atoms with Crippen LogP contribution in [0.4, 0.5) is 0 Å². The highest BCUT2D eigenvalue weighted by Gasteiger charge is 2.44. The van der Waals surface area contributed by atoms with E-state index < -0.39 is 74.2 Å². The van der Waals surface area contributed by atoms with Gasteiger partial charge in [0.05, 0.1) is 25.4 Å². The lowest BCUT2D eigenvalue weighted by Crippen LogP contribution is -2.60. The first-order valence-corrected chi connectivity index (χ1v) is 22.9. The highest BCUT2D eigenvalue weighted by Crippen LogP contribution is 2.23. The molecular weight excluding hydrogens is 727 g/mol. The van der Waals surface area contributed by atoms with Crippen LogP contribution < -0.4 is 5.32 Å². The van der Waals surface area contributed by atoms with Gasteiger partial charge < -0.3 is 50.5 Å². The van der Waals surface area contributed by atoms with E-state index in [0.29, 0.717) is 19.3 Å². The van der Waals surface area contributed by atoms with Crippen molar-refractivity contribution in [1.29, 1.82) is 0 Å². The minimum absolute atomic E-state index is 0.235. The van der Waals surface area contributed by atoms with Crippen LogP contribution in [0.5, 0.6) is 0 Å². The zero-order chi connectivity index (χ0) is 41.9. The largest absolute Gasteiger partial charge is 0.394 e. The fourth-order valence-electron chi connectivity index (χ4n) is 7.02. The number of unbranched alkanes of at least 4 members (excludes halogenated alkanes) is 19. The van der Waals surface area contributed by atoms with Gasteiger partial charge in [0, 0.05) is 0 Å². The van der Waals surface area contributed by atoms with E-state index in [1.54, 1.807) is 0 Å². The smallest absolute Gasteiger partial charge is 0.249 e. The Hall–Kier alpha value is -1.67. The highest BCUT2D eigenvalue weighted by molar-refractivity contribution is 5.80. The van der Waals surface area contributed by atoms with Gasteiger partial charge in [0.2, 0.25) is 5.91 Å². The van der Waals surface area contributed by atoms with Gasteiger partial charge in [0.25, 0.3) is 0 Å². The lowest BCUT2D eigenvalue weighted by molar-refractivity contribution is -0.303. The summed E-state index contributed by atoms with van der Waals surface area (Å²) in [5.74, 6) is -0.724. The number of amides is 1. The van der Waals surface area contributed by atoms with Crippen molar-refractivity contribution in [3.63, 3.8) is 0 Å². The number of allylic oxidation sites excluding steroid dienone is 6. The molecule has 1 aliphatic rings. The molecule has 1 rings (SSSR count). The summed E-state index contributed by atoms with van der Waals surface area (Å²) in [7, 11) is 0. The zero-order valence-corrected chi connectivity index (χ0v) is 35.8. The van der Waals surface area contributed by atoms with Crippen molar-refractivity contribution >= 4 is 5.91 Å². The monoisotopic (exact) mass is 812 g/mol. The molecule has 0 bridgehead atoms. The van der Waals surface area contributed by atoms with Gasteiger partial charge in [-0.05, 0) is 70.6 Å². The van der Waals surface area contributed by atoms with Crippen molar-refractivity contribution in [2.75, 3.05) is 13.2 Å². The lowest BCUT2D eigenvalue weighted by atomic mass is 9.98. The molecule has 9 atom stereocenters. The number of rotatable bonds is 37. The summed E-state index contributed by atoms with van der Waals surface area (Å²) in [6, 6.07) is -1.19. The van der Waals surface area contributed by atoms with Crippen LogP contribution in [0.15, 0.2) is 36.5 Å². The molecule has 57 heavy (non-hydrogen) atoms. The van der Waals surface area contributed by atoms with Gasteiger partial charge in [-0.25, -0.2) is 0 Å². The summed E-state index contributed by atoms with van der Waals surface area (Å²) < 4.78 is 11.0. The summed E-state index contributed by atoms with van der Waals surface area (Å²) >= 11 is 0. The molecule has 1 fully saturated rings. The standard InChI is InChI=1S/C46H85NO10/c1-3-5-7-9-11-13-15-16-17-18-19-20-21-22-23-24-26-27-29-31-33-38(49)41(51)37(36-56-46-44(54)43(53)42(52)40(35-48)57-46)47-45(55)39(50)34-32-30-28-25-14-12-10-8-6-4-2/h10,12,21-22,26-27,37-44,46,48-54H,3-9,11,13-20,23-25,28-36H2,1-2H3,(H,47,55)/b12-10-,22-21+,27-26+. The molecule has 0 aromatic heterocycles. The molecule has 8 N–H and O–H groups in total. The van der Waals surface area contributed by atoms with Crippen molar-refractivity contribution in [2.45, 2.75) is 236 Å². The Balaban J connectivity index is 2.47. The third-order valence-corrected chi connectivity index (χ3v) is 10.9. The first-order valence-electron chi connectivity index (χ1n) is 22.9. The fraction of sp³-hybridized carbons (Fsp3) is 0.848. The Morgan fingerprint density at radius 3 is 1.61 bits per heavy atom. The Kier molecular flexibility index (Phi) is 33.9. The Morgan fingerprint density at radius 2 is 1.07 bits per heavy atom. The second-order valence-electron chi connectivity index (χ2n) is 16.1. The normalized spacial score (nSPS) is 22.4. The van der Waals surface area contributed by atoms with E-state index >= 15 is 0 Å². The molecule has 11 heteroatoms. The van der Waals surface area contributed by atoms with E-state index in [4.69, 9.17) is 9.47 Å². The summed E-state index contributed by atoms with van der Waals surface area (Å²) in [4.78, 5) is 13.0. The van der Waals surface area contributed by atoms with E-state index in [9.17, 15) is 40.5 Å². The predicted octanol–water partition coefficient (Wildman–Crippen LogP) is 7.22. The molecule has 0 aromatic rings. The van der Waals surface area contributed by atoms with Gasteiger partial charge in [-0.15, -0.1) is 0 Å². The Labute approximate surface area is 346 Å². The molecule has 0 aliphatic carbocycles. The van der Waals surface area contributed by atoms with Gasteiger partial charge in [-0.1, -0.05) is 147 Å². The zero-order valence-electron chi connectivity index (χ0n) is 35.8. The average Bonchev–Trinajstić information content (AvgIpc) is 3.21. The second-order valence-corrected chi connectivity index (χ2v) is 16.1. The van der Waals surface area contributed by atoms with Crippen LogP contribution in [0.2, 0.25) is 0 Å². The van der Waals surface area contributed by atoms with Gasteiger partial charge in [-0.3, -0.25) is 4.79 Å². The fourth-order valence-corrected chi connectivity index (χ4v) is 7.02. The van der Waals surface area contributed by atoms with Crippen LogP contribution >= 0.6 is 0 Å². The van der Waals surface area contributed by atoms with Crippen LogP contribution in [0, 0.1) is 0 Å². The molecule has 0 saturated carbocycles. The minimum Gasteiger partial charge on any atom is -0.394 e. The molecule has 0 aromatic carbocycles. The first kappa shape index (κ1) is 53.3. The number of nitrogens with one attached hydrogen (secondary N) is 1. The number of aliphatic hydroxyl groups excluding tert-OH is 7. The minimum atomic E-state index is -1.67. The van der Waals surface area contributed by atoms with Crippen LogP contribution in [0.25, 0.3) is 0 Å². The van der Waals surface area contributed by atoms with E-state index in [0.717, 1.165) is 51.4 Å². The lowest BCUT2D eigenvalue weighted by Gasteiger charge is -2.40. The van der Waals surface area contributed by atoms with E-state index in [2.05, 4.69) is 55.6 Å². The Bertz CT molecular complexity index is 1020. The summed E-state index contributed by atoms with van der Waals surface area (Å²) in [6.07, 6.45) is 29.3. The average molecular weight is 812 g/mol. The van der Waals surface area contributed by atoms with Gasteiger partial charge in [0.1, 0.15) is 36.6 Å². The molecular formula is C46H85NO10. The number of hydrogen-bond acceptors (Lipinski definition) is 10. The van der Waals surface area contributed by atoms with E-state index in [1.165, 1.54) is 83.5 Å². The van der Waals surface area contributed by atoms with Crippen LogP contribution in [-0.4, -0.2) is 110 Å².